The molecule has 1 aromatic carbocycles. The van der Waals surface area contributed by atoms with Crippen molar-refractivity contribution in [1.29, 1.82) is 0 Å². The highest BCUT2D eigenvalue weighted by molar-refractivity contribution is 7.13. The van der Waals surface area contributed by atoms with Crippen molar-refractivity contribution >= 4 is 22.2 Å². The van der Waals surface area contributed by atoms with Gasteiger partial charge in [0.05, 0.1) is 10.9 Å². The average molecular weight is 323 g/mol. The third-order valence-electron chi connectivity index (χ3n) is 3.57. The Hall–Kier alpha value is -2.86. The van der Waals surface area contributed by atoms with Gasteiger partial charge in [0.25, 0.3) is 0 Å². The Morgan fingerprint density at radius 2 is 2.00 bits per heavy atom. The smallest absolute Gasteiger partial charge is 0.230 e. The first-order valence-corrected chi connectivity index (χ1v) is 7.90. The van der Waals surface area contributed by atoms with Gasteiger partial charge in [0.15, 0.2) is 0 Å². The summed E-state index contributed by atoms with van der Waals surface area (Å²) in [7, 11) is 1.89. The average Bonchev–Trinajstić information content (AvgIpc) is 3.14. The van der Waals surface area contributed by atoms with E-state index in [0.717, 1.165) is 21.5 Å². The van der Waals surface area contributed by atoms with E-state index in [1.807, 2.05) is 47.3 Å². The Balaban J connectivity index is 1.63. The minimum Gasteiger partial charge on any atom is -0.506 e. The highest BCUT2D eigenvalue weighted by Gasteiger charge is 2.09. The quantitative estimate of drug-likeness (QED) is 0.614. The molecule has 0 bridgehead atoms. The van der Waals surface area contributed by atoms with Crippen LogP contribution in [0.1, 0.15) is 0 Å². The molecule has 0 fully saturated rings. The number of aromatic hydroxyl groups is 1. The summed E-state index contributed by atoms with van der Waals surface area (Å²) in [6, 6.07) is 9.43. The molecular weight excluding hydrogens is 310 g/mol. The molecular formula is C17H13N3O2S. The largest absolute Gasteiger partial charge is 0.506 e. The first-order chi connectivity index (χ1) is 11.2. The number of thiazole rings is 1. The monoisotopic (exact) mass is 323 g/mol. The van der Waals surface area contributed by atoms with Crippen LogP contribution in [-0.4, -0.2) is 19.6 Å². The molecule has 0 aliphatic rings. The number of ether oxygens (including phenoxy) is 1. The molecule has 0 aliphatic heterocycles. The maximum atomic E-state index is 9.94. The summed E-state index contributed by atoms with van der Waals surface area (Å²) in [6.07, 6.45) is 5.16. The molecule has 23 heavy (non-hydrogen) atoms. The zero-order valence-corrected chi connectivity index (χ0v) is 13.1. The molecule has 5 nitrogen and oxygen atoms in total. The highest BCUT2D eigenvalue weighted by atomic mass is 32.1. The molecule has 4 aromatic rings. The van der Waals surface area contributed by atoms with Gasteiger partial charge in [0.1, 0.15) is 16.5 Å². The van der Waals surface area contributed by atoms with Crippen LogP contribution in [0.25, 0.3) is 21.5 Å². The molecule has 0 atom stereocenters. The Morgan fingerprint density at radius 3 is 2.83 bits per heavy atom. The molecule has 3 aromatic heterocycles. The van der Waals surface area contributed by atoms with Gasteiger partial charge in [-0.15, -0.1) is 11.3 Å². The fourth-order valence-electron chi connectivity index (χ4n) is 2.47. The number of rotatable bonds is 3. The number of hydrogen-bond donors (Lipinski definition) is 1. The van der Waals surface area contributed by atoms with E-state index in [-0.39, 0.29) is 5.75 Å². The SMILES string of the molecule is Cn1cc(O)c2cc(Oc3csc(-c4ccncc4)n3)ccc21. The van der Waals surface area contributed by atoms with Gasteiger partial charge >= 0.3 is 0 Å². The van der Waals surface area contributed by atoms with E-state index in [4.69, 9.17) is 4.74 Å². The van der Waals surface area contributed by atoms with Crippen molar-refractivity contribution in [3.8, 4) is 28.0 Å². The summed E-state index contributed by atoms with van der Waals surface area (Å²) in [6.45, 7) is 0. The number of pyridine rings is 1. The third kappa shape index (κ3) is 2.53. The van der Waals surface area contributed by atoms with Crippen molar-refractivity contribution in [2.45, 2.75) is 0 Å². The molecule has 114 valence electrons. The van der Waals surface area contributed by atoms with Crippen LogP contribution >= 0.6 is 11.3 Å². The predicted molar refractivity (Wildman–Crippen MR) is 90.0 cm³/mol. The van der Waals surface area contributed by atoms with Crippen LogP contribution < -0.4 is 4.74 Å². The van der Waals surface area contributed by atoms with Gasteiger partial charge < -0.3 is 14.4 Å². The second-order valence-corrected chi connectivity index (χ2v) is 5.99. The number of benzene rings is 1. The van der Waals surface area contributed by atoms with Crippen LogP contribution in [0, 0.1) is 0 Å². The fraction of sp³-hybridized carbons (Fsp3) is 0.0588. The van der Waals surface area contributed by atoms with Crippen LogP contribution in [0.15, 0.2) is 54.3 Å². The van der Waals surface area contributed by atoms with E-state index in [2.05, 4.69) is 9.97 Å². The van der Waals surface area contributed by atoms with Gasteiger partial charge in [-0.3, -0.25) is 4.98 Å². The van der Waals surface area contributed by atoms with Crippen molar-refractivity contribution < 1.29 is 9.84 Å². The van der Waals surface area contributed by atoms with Crippen molar-refractivity contribution in [2.75, 3.05) is 0 Å². The van der Waals surface area contributed by atoms with E-state index >= 15 is 0 Å². The van der Waals surface area contributed by atoms with Gasteiger partial charge in [-0.1, -0.05) is 0 Å². The van der Waals surface area contributed by atoms with E-state index in [1.54, 1.807) is 18.6 Å². The van der Waals surface area contributed by atoms with Crippen LogP contribution in [0.4, 0.5) is 0 Å². The molecule has 3 heterocycles. The highest BCUT2D eigenvalue weighted by Crippen LogP contribution is 2.33. The minimum atomic E-state index is 0.240. The first-order valence-electron chi connectivity index (χ1n) is 7.02. The summed E-state index contributed by atoms with van der Waals surface area (Å²) in [5, 5.41) is 13.4. The van der Waals surface area contributed by atoms with Crippen LogP contribution in [0.2, 0.25) is 0 Å². The van der Waals surface area contributed by atoms with Crippen LogP contribution in [-0.2, 0) is 7.05 Å². The van der Waals surface area contributed by atoms with E-state index in [1.165, 1.54) is 11.3 Å². The molecule has 4 rings (SSSR count). The summed E-state index contributed by atoms with van der Waals surface area (Å²) < 4.78 is 7.69. The van der Waals surface area contributed by atoms with Crippen molar-refractivity contribution in [2.24, 2.45) is 7.05 Å². The molecule has 0 saturated carbocycles. The standard InChI is InChI=1S/C17H13N3O2S/c1-20-9-15(21)13-8-12(2-3-14(13)20)22-16-10-23-17(19-16)11-4-6-18-7-5-11/h2-10,21H,1H3. The lowest BCUT2D eigenvalue weighted by Gasteiger charge is -2.03. The van der Waals surface area contributed by atoms with Crippen LogP contribution in [0.3, 0.4) is 0 Å². The normalized spacial score (nSPS) is 11.0. The van der Waals surface area contributed by atoms with Gasteiger partial charge in [-0.05, 0) is 30.3 Å². The fourth-order valence-corrected chi connectivity index (χ4v) is 3.20. The zero-order valence-electron chi connectivity index (χ0n) is 12.3. The number of aryl methyl sites for hydroxylation is 1. The lowest BCUT2D eigenvalue weighted by Crippen LogP contribution is -1.86. The van der Waals surface area contributed by atoms with E-state index in [0.29, 0.717) is 11.6 Å². The van der Waals surface area contributed by atoms with Crippen molar-refractivity contribution in [3.05, 3.63) is 54.3 Å². The molecule has 0 amide bonds. The van der Waals surface area contributed by atoms with E-state index in [9.17, 15) is 5.11 Å². The number of hydrogen-bond acceptors (Lipinski definition) is 5. The minimum absolute atomic E-state index is 0.240. The summed E-state index contributed by atoms with van der Waals surface area (Å²) in [4.78, 5) is 8.49. The molecule has 0 spiro atoms. The molecule has 0 radical (unpaired) electrons. The number of nitrogens with zero attached hydrogens (tertiary/aromatic N) is 3. The lowest BCUT2D eigenvalue weighted by molar-refractivity contribution is 0.465. The lowest BCUT2D eigenvalue weighted by atomic mass is 10.2. The molecule has 0 aliphatic carbocycles. The Bertz CT molecular complexity index is 976. The van der Waals surface area contributed by atoms with Gasteiger partial charge in [-0.2, -0.15) is 0 Å². The molecule has 6 heteroatoms. The van der Waals surface area contributed by atoms with Gasteiger partial charge in [0, 0.05) is 36.6 Å². The van der Waals surface area contributed by atoms with Crippen molar-refractivity contribution in [3.63, 3.8) is 0 Å². The molecule has 0 saturated heterocycles. The first kappa shape index (κ1) is 13.8. The van der Waals surface area contributed by atoms with Gasteiger partial charge in [-0.25, -0.2) is 4.98 Å². The molecule has 1 N–H and O–H groups in total. The number of fused-ring (bicyclic) bond motifs is 1. The maximum absolute atomic E-state index is 9.94. The summed E-state index contributed by atoms with van der Waals surface area (Å²) in [5.74, 6) is 1.42. The molecule has 0 unspecified atom stereocenters. The zero-order chi connectivity index (χ0) is 15.8. The Kier molecular flexibility index (Phi) is 3.24. The maximum Gasteiger partial charge on any atom is 0.230 e. The topological polar surface area (TPSA) is 60.2 Å². The third-order valence-corrected chi connectivity index (χ3v) is 4.44. The predicted octanol–water partition coefficient (Wildman–Crippen LogP) is 4.19. The summed E-state index contributed by atoms with van der Waals surface area (Å²) in [5.41, 5.74) is 1.96. The second-order valence-electron chi connectivity index (χ2n) is 5.13. The second kappa shape index (κ2) is 5.40. The van der Waals surface area contributed by atoms with Gasteiger partial charge in [0.2, 0.25) is 5.88 Å². The number of aromatic nitrogens is 3. The Morgan fingerprint density at radius 1 is 1.17 bits per heavy atom. The van der Waals surface area contributed by atoms with Crippen molar-refractivity contribution in [1.82, 2.24) is 14.5 Å². The van der Waals surface area contributed by atoms with Crippen LogP contribution in [0.5, 0.6) is 17.4 Å². The Labute approximate surface area is 136 Å². The van der Waals surface area contributed by atoms with E-state index < -0.39 is 0 Å². The summed E-state index contributed by atoms with van der Waals surface area (Å²) >= 11 is 1.52.